The molecule has 30 heavy (non-hydrogen) atoms. The zero-order chi connectivity index (χ0) is 20.7. The number of nitrogens with zero attached hydrogens (tertiary/aromatic N) is 4. The number of allylic oxidation sites excluding steroid dienone is 3. The molecule has 0 spiro atoms. The fourth-order valence-corrected chi connectivity index (χ4v) is 5.97. The lowest BCUT2D eigenvalue weighted by Gasteiger charge is -2.45. The number of amides is 3. The minimum Gasteiger partial charge on any atom is -0.335 e. The lowest BCUT2D eigenvalue weighted by Crippen LogP contribution is -2.64. The molecule has 7 nitrogen and oxygen atoms in total. The fourth-order valence-electron chi connectivity index (χ4n) is 4.88. The molecule has 4 heterocycles. The third kappa shape index (κ3) is 4.07. The Morgan fingerprint density at radius 1 is 1.03 bits per heavy atom. The van der Waals surface area contributed by atoms with Crippen LogP contribution in [-0.2, 0) is 0 Å². The van der Waals surface area contributed by atoms with Gasteiger partial charge in [0, 0.05) is 73.3 Å². The Bertz CT molecular complexity index is 867. The summed E-state index contributed by atoms with van der Waals surface area (Å²) in [6.45, 7) is 4.62. The molecule has 0 bridgehead atoms. The molecule has 4 aliphatic rings. The van der Waals surface area contributed by atoms with Crippen molar-refractivity contribution in [2.75, 3.05) is 39.3 Å². The molecule has 1 aromatic heterocycles. The molecule has 1 aromatic rings. The Labute approximate surface area is 188 Å². The Morgan fingerprint density at radius 2 is 1.83 bits per heavy atom. The SMILES string of the molecule is O=C(c1nccs1)N1CC[C@H](NC2CN(C(=O)N3CCC4C=C(Br)C=CC4C3)C2)C1. The summed E-state index contributed by atoms with van der Waals surface area (Å²) in [6.07, 6.45) is 10.3. The summed E-state index contributed by atoms with van der Waals surface area (Å²) in [4.78, 5) is 35.3. The van der Waals surface area contributed by atoms with Gasteiger partial charge in [0.15, 0.2) is 5.01 Å². The number of thiazole rings is 1. The van der Waals surface area contributed by atoms with E-state index in [0.717, 1.165) is 50.0 Å². The topological polar surface area (TPSA) is 68.8 Å². The third-order valence-corrected chi connectivity index (χ3v) is 7.86. The molecule has 2 unspecified atom stereocenters. The van der Waals surface area contributed by atoms with Crippen LogP contribution in [-0.4, -0.2) is 83.0 Å². The van der Waals surface area contributed by atoms with Gasteiger partial charge >= 0.3 is 6.03 Å². The first-order valence-electron chi connectivity index (χ1n) is 10.6. The Hall–Kier alpha value is -1.71. The summed E-state index contributed by atoms with van der Waals surface area (Å²) < 4.78 is 1.15. The Balaban J connectivity index is 1.06. The molecule has 0 radical (unpaired) electrons. The van der Waals surface area contributed by atoms with Crippen molar-refractivity contribution in [1.82, 2.24) is 25.0 Å². The zero-order valence-corrected chi connectivity index (χ0v) is 19.1. The number of fused-ring (bicyclic) bond motifs is 1. The number of carbonyl (C=O) groups excluding carboxylic acids is 2. The van der Waals surface area contributed by atoms with Crippen LogP contribution in [0.1, 0.15) is 22.6 Å². The maximum absolute atomic E-state index is 12.9. The minimum atomic E-state index is 0.0294. The molecule has 1 N–H and O–H groups in total. The predicted molar refractivity (Wildman–Crippen MR) is 120 cm³/mol. The molecule has 5 rings (SSSR count). The Morgan fingerprint density at radius 3 is 2.63 bits per heavy atom. The van der Waals surface area contributed by atoms with Crippen LogP contribution in [0.4, 0.5) is 4.79 Å². The molecule has 3 amide bonds. The van der Waals surface area contributed by atoms with Crippen molar-refractivity contribution in [3.05, 3.63) is 39.3 Å². The number of urea groups is 1. The van der Waals surface area contributed by atoms with Crippen LogP contribution in [0.25, 0.3) is 0 Å². The van der Waals surface area contributed by atoms with E-state index in [-0.39, 0.29) is 11.9 Å². The van der Waals surface area contributed by atoms with Crippen molar-refractivity contribution in [3.8, 4) is 0 Å². The second-order valence-corrected chi connectivity index (χ2v) is 10.4. The molecule has 3 atom stereocenters. The molecule has 0 aromatic carbocycles. The number of halogens is 1. The number of hydrogen-bond donors (Lipinski definition) is 1. The van der Waals surface area contributed by atoms with Crippen LogP contribution in [0.3, 0.4) is 0 Å². The second kappa shape index (κ2) is 8.43. The molecule has 9 heteroatoms. The van der Waals surface area contributed by atoms with Gasteiger partial charge in [-0.25, -0.2) is 9.78 Å². The standard InChI is InChI=1S/C21H26BrN5O2S/c22-16-2-1-15-10-26(6-3-14(15)9-16)21(29)27-12-18(13-27)24-17-4-7-25(11-17)20(28)19-23-5-8-30-19/h1-2,5,8-9,14-15,17-18,24H,3-4,6-7,10-13H2/t14?,15?,17-/m0/s1. The van der Waals surface area contributed by atoms with Gasteiger partial charge < -0.3 is 20.0 Å². The lowest BCUT2D eigenvalue weighted by molar-refractivity contribution is 0.0774. The summed E-state index contributed by atoms with van der Waals surface area (Å²) in [6, 6.07) is 0.782. The highest BCUT2D eigenvalue weighted by molar-refractivity contribution is 9.11. The second-order valence-electron chi connectivity index (χ2n) is 8.60. The lowest BCUT2D eigenvalue weighted by atomic mass is 9.83. The summed E-state index contributed by atoms with van der Waals surface area (Å²) >= 11 is 4.95. The van der Waals surface area contributed by atoms with Gasteiger partial charge in [-0.2, -0.15) is 0 Å². The first-order valence-corrected chi connectivity index (χ1v) is 12.3. The van der Waals surface area contributed by atoms with E-state index in [1.54, 1.807) is 6.20 Å². The van der Waals surface area contributed by atoms with Crippen LogP contribution in [0.2, 0.25) is 0 Å². The maximum atomic E-state index is 12.9. The van der Waals surface area contributed by atoms with E-state index in [9.17, 15) is 9.59 Å². The van der Waals surface area contributed by atoms with E-state index < -0.39 is 0 Å². The van der Waals surface area contributed by atoms with E-state index >= 15 is 0 Å². The number of carbonyl (C=O) groups is 2. The molecule has 0 saturated carbocycles. The Kier molecular flexibility index (Phi) is 5.68. The van der Waals surface area contributed by atoms with Gasteiger partial charge in [0.2, 0.25) is 0 Å². The first-order chi connectivity index (χ1) is 14.6. The van der Waals surface area contributed by atoms with E-state index in [2.05, 4.69) is 44.5 Å². The van der Waals surface area contributed by atoms with Gasteiger partial charge in [-0.3, -0.25) is 4.79 Å². The minimum absolute atomic E-state index is 0.0294. The van der Waals surface area contributed by atoms with E-state index in [0.29, 0.717) is 35.5 Å². The monoisotopic (exact) mass is 491 g/mol. The van der Waals surface area contributed by atoms with Gasteiger partial charge in [-0.1, -0.05) is 34.2 Å². The molecule has 3 aliphatic heterocycles. The predicted octanol–water partition coefficient (Wildman–Crippen LogP) is 2.54. The quantitative estimate of drug-likeness (QED) is 0.705. The van der Waals surface area contributed by atoms with E-state index in [4.69, 9.17) is 0 Å². The van der Waals surface area contributed by atoms with Crippen molar-refractivity contribution in [2.45, 2.75) is 24.9 Å². The molecular formula is C21H26BrN5O2S. The molecular weight excluding hydrogens is 466 g/mol. The smallest absolute Gasteiger partial charge is 0.320 e. The molecule has 3 saturated heterocycles. The van der Waals surface area contributed by atoms with Crippen LogP contribution in [0.5, 0.6) is 0 Å². The summed E-state index contributed by atoms with van der Waals surface area (Å²) in [5, 5.41) is 6.04. The zero-order valence-electron chi connectivity index (χ0n) is 16.7. The van der Waals surface area contributed by atoms with Gasteiger partial charge in [-0.15, -0.1) is 11.3 Å². The van der Waals surface area contributed by atoms with Crippen LogP contribution >= 0.6 is 27.3 Å². The summed E-state index contributed by atoms with van der Waals surface area (Å²) in [5.74, 6) is 0.998. The van der Waals surface area contributed by atoms with Crippen molar-refractivity contribution in [1.29, 1.82) is 0 Å². The highest BCUT2D eigenvalue weighted by Gasteiger charge is 2.38. The van der Waals surface area contributed by atoms with Gasteiger partial charge in [0.05, 0.1) is 0 Å². The number of likely N-dealkylation sites (tertiary alicyclic amines) is 3. The van der Waals surface area contributed by atoms with Crippen LogP contribution in [0, 0.1) is 11.8 Å². The fraction of sp³-hybridized carbons (Fsp3) is 0.571. The average Bonchev–Trinajstić information content (AvgIpc) is 3.41. The maximum Gasteiger partial charge on any atom is 0.320 e. The van der Waals surface area contributed by atoms with E-state index in [1.165, 1.54) is 11.3 Å². The number of nitrogens with one attached hydrogen (secondary N) is 1. The van der Waals surface area contributed by atoms with Crippen LogP contribution < -0.4 is 5.32 Å². The normalized spacial score (nSPS) is 28.9. The average molecular weight is 492 g/mol. The number of rotatable bonds is 3. The summed E-state index contributed by atoms with van der Waals surface area (Å²) in [5.41, 5.74) is 0. The third-order valence-electron chi connectivity index (χ3n) is 6.57. The molecule has 160 valence electrons. The van der Waals surface area contributed by atoms with Gasteiger partial charge in [-0.05, 0) is 18.8 Å². The highest BCUT2D eigenvalue weighted by Crippen LogP contribution is 2.33. The van der Waals surface area contributed by atoms with Crippen molar-refractivity contribution in [3.63, 3.8) is 0 Å². The van der Waals surface area contributed by atoms with Crippen molar-refractivity contribution >= 4 is 39.2 Å². The van der Waals surface area contributed by atoms with Crippen LogP contribution in [0.15, 0.2) is 34.3 Å². The van der Waals surface area contributed by atoms with Crippen molar-refractivity contribution < 1.29 is 9.59 Å². The summed E-state index contributed by atoms with van der Waals surface area (Å²) in [7, 11) is 0. The molecule has 1 aliphatic carbocycles. The molecule has 3 fully saturated rings. The largest absolute Gasteiger partial charge is 0.335 e. The highest BCUT2D eigenvalue weighted by atomic mass is 79.9. The van der Waals surface area contributed by atoms with Crippen molar-refractivity contribution in [2.24, 2.45) is 11.8 Å². The van der Waals surface area contributed by atoms with E-state index in [1.807, 2.05) is 20.1 Å². The van der Waals surface area contributed by atoms with Gasteiger partial charge in [0.25, 0.3) is 5.91 Å². The number of piperidine rings is 1. The number of aromatic nitrogens is 1. The number of hydrogen-bond acceptors (Lipinski definition) is 5. The van der Waals surface area contributed by atoms with Gasteiger partial charge in [0.1, 0.15) is 0 Å². The first kappa shape index (κ1) is 20.2.